The number of fused-ring (bicyclic) bond motifs is 5. The summed E-state index contributed by atoms with van der Waals surface area (Å²) in [5, 5.41) is 13.6. The van der Waals surface area contributed by atoms with Gasteiger partial charge in [0.05, 0.1) is 18.8 Å². The van der Waals surface area contributed by atoms with Crippen molar-refractivity contribution in [2.75, 3.05) is 24.4 Å². The quantitative estimate of drug-likeness (QED) is 0.0604. The Balaban J connectivity index is 1.43. The number of methoxy groups -OCH3 is 1. The zero-order valence-corrected chi connectivity index (χ0v) is 32.2. The third-order valence-corrected chi connectivity index (χ3v) is 9.51. The van der Waals surface area contributed by atoms with Crippen LogP contribution in [0.1, 0.15) is 112 Å². The Hall–Kier alpha value is -4.62. The van der Waals surface area contributed by atoms with Gasteiger partial charge < -0.3 is 19.5 Å². The van der Waals surface area contributed by atoms with E-state index in [1.807, 2.05) is 26.8 Å². The minimum absolute atomic E-state index is 0.362. The molecule has 0 aliphatic carbocycles. The monoisotopic (exact) mass is 704 g/mol. The van der Waals surface area contributed by atoms with Gasteiger partial charge in [-0.05, 0) is 126 Å². The molecule has 7 nitrogen and oxygen atoms in total. The first-order valence-corrected chi connectivity index (χ1v) is 18.9. The van der Waals surface area contributed by atoms with Gasteiger partial charge in [-0.1, -0.05) is 88.3 Å². The summed E-state index contributed by atoms with van der Waals surface area (Å²) in [6.07, 6.45) is 8.74. The van der Waals surface area contributed by atoms with Crippen molar-refractivity contribution in [3.8, 4) is 0 Å². The highest BCUT2D eigenvalue weighted by atomic mass is 16.6. The topological polar surface area (TPSA) is 85.9 Å². The van der Waals surface area contributed by atoms with Gasteiger partial charge in [0.15, 0.2) is 0 Å². The van der Waals surface area contributed by atoms with Gasteiger partial charge >= 0.3 is 12.1 Å². The number of benzene rings is 5. The second-order valence-electron chi connectivity index (χ2n) is 15.0. The number of anilines is 2. The molecule has 0 atom stereocenters. The van der Waals surface area contributed by atoms with Crippen molar-refractivity contribution in [3.05, 3.63) is 94.5 Å². The molecule has 0 unspecified atom stereocenters. The molecular formula is C45H56N2O5. The van der Waals surface area contributed by atoms with Gasteiger partial charge in [0.1, 0.15) is 5.60 Å². The summed E-state index contributed by atoms with van der Waals surface area (Å²) in [5.74, 6) is -0.418. The van der Waals surface area contributed by atoms with E-state index in [1.165, 1.54) is 64.8 Å². The average Bonchev–Trinajstić information content (AvgIpc) is 3.09. The van der Waals surface area contributed by atoms with Crippen LogP contribution in [-0.2, 0) is 27.4 Å². The van der Waals surface area contributed by atoms with E-state index < -0.39 is 17.7 Å². The first-order valence-electron chi connectivity index (χ1n) is 18.9. The molecular weight excluding hydrogens is 649 g/mol. The second kappa shape index (κ2) is 17.7. The Kier molecular flexibility index (Phi) is 13.2. The normalized spacial score (nSPS) is 11.7. The molecule has 0 aliphatic rings. The van der Waals surface area contributed by atoms with Crippen LogP contribution < -0.4 is 10.6 Å². The van der Waals surface area contributed by atoms with Gasteiger partial charge in [-0.3, -0.25) is 5.32 Å². The van der Waals surface area contributed by atoms with E-state index in [1.54, 1.807) is 19.2 Å². The van der Waals surface area contributed by atoms with E-state index in [0.717, 1.165) is 41.2 Å². The zero-order valence-electron chi connectivity index (χ0n) is 32.2. The number of unbranched alkanes of at least 4 members (excludes halogenated alkanes) is 7. The van der Waals surface area contributed by atoms with Gasteiger partial charge in [-0.25, -0.2) is 9.59 Å². The fourth-order valence-corrected chi connectivity index (χ4v) is 7.11. The number of carbonyl (C=O) groups excluding carboxylic acids is 2. The Bertz CT molecular complexity index is 2030. The summed E-state index contributed by atoms with van der Waals surface area (Å²) in [6, 6.07) is 22.7. The molecule has 5 aromatic rings. The number of hydrogen-bond acceptors (Lipinski definition) is 6. The number of aryl methyl sites for hydroxylation is 2. The first-order chi connectivity index (χ1) is 25.0. The summed E-state index contributed by atoms with van der Waals surface area (Å²) >= 11 is 0. The Labute approximate surface area is 309 Å². The molecule has 5 rings (SSSR count). The second-order valence-corrected chi connectivity index (χ2v) is 15.0. The van der Waals surface area contributed by atoms with Crippen LogP contribution in [0.2, 0.25) is 0 Å². The molecule has 0 spiro atoms. The maximum atomic E-state index is 13.3. The van der Waals surface area contributed by atoms with Crippen molar-refractivity contribution >= 4 is 55.8 Å². The van der Waals surface area contributed by atoms with Crippen molar-refractivity contribution in [1.82, 2.24) is 0 Å². The van der Waals surface area contributed by atoms with E-state index in [-0.39, 0.29) is 0 Å². The van der Waals surface area contributed by atoms with Gasteiger partial charge in [0.25, 0.3) is 0 Å². The minimum atomic E-state index is -0.667. The largest absolute Gasteiger partial charge is 0.462 e. The van der Waals surface area contributed by atoms with Crippen LogP contribution in [0.25, 0.3) is 32.3 Å². The molecule has 0 aromatic heterocycles. The number of nitrogens with one attached hydrogen (secondary N) is 2. The van der Waals surface area contributed by atoms with Crippen LogP contribution in [0, 0.1) is 13.8 Å². The lowest BCUT2D eigenvalue weighted by atomic mass is 9.88. The van der Waals surface area contributed by atoms with E-state index in [0.29, 0.717) is 36.7 Å². The van der Waals surface area contributed by atoms with Crippen LogP contribution in [0.3, 0.4) is 0 Å². The molecule has 7 heteroatoms. The van der Waals surface area contributed by atoms with Crippen molar-refractivity contribution in [1.29, 1.82) is 0 Å². The van der Waals surface area contributed by atoms with Crippen molar-refractivity contribution in [2.24, 2.45) is 0 Å². The highest BCUT2D eigenvalue weighted by Gasteiger charge is 2.19. The highest BCUT2D eigenvalue weighted by Crippen LogP contribution is 2.39. The van der Waals surface area contributed by atoms with E-state index in [9.17, 15) is 9.59 Å². The lowest BCUT2D eigenvalue weighted by Gasteiger charge is -2.20. The molecule has 0 saturated heterocycles. The third-order valence-electron chi connectivity index (χ3n) is 9.51. The summed E-state index contributed by atoms with van der Waals surface area (Å²) in [5.41, 5.74) is 5.53. The third kappa shape index (κ3) is 9.82. The predicted molar refractivity (Wildman–Crippen MR) is 216 cm³/mol. The Morgan fingerprint density at radius 3 is 1.94 bits per heavy atom. The smallest absolute Gasteiger partial charge is 0.412 e. The number of esters is 1. The standard InChI is InChI=1S/C45H56N2O5/c1-8-9-10-11-12-13-14-15-22-51-43(48)33-25-36(27-37(26-33)47-44(49)52-45(4,5)6)46-28-34-23-32-24-35(29-50-7)39-21-17-19-31(3)41(39)42(32)40-30(2)18-16-20-38(34)40/h16-21,23-27,46H,8-15,22,28-29H2,1-7H3,(H,47,49). The van der Waals surface area contributed by atoms with Crippen molar-refractivity contribution in [2.45, 2.75) is 112 Å². The van der Waals surface area contributed by atoms with E-state index in [2.05, 4.69) is 79.9 Å². The Morgan fingerprint density at radius 2 is 1.31 bits per heavy atom. The fraction of sp³-hybridized carbons (Fsp3) is 0.422. The van der Waals surface area contributed by atoms with Crippen LogP contribution >= 0.6 is 0 Å². The Morgan fingerprint density at radius 1 is 0.712 bits per heavy atom. The minimum Gasteiger partial charge on any atom is -0.462 e. The average molecular weight is 705 g/mol. The summed E-state index contributed by atoms with van der Waals surface area (Å²) < 4.78 is 16.9. The van der Waals surface area contributed by atoms with Crippen LogP contribution in [0.4, 0.5) is 16.2 Å². The highest BCUT2D eigenvalue weighted by molar-refractivity contribution is 6.23. The van der Waals surface area contributed by atoms with Gasteiger partial charge in [-0.15, -0.1) is 0 Å². The molecule has 0 fully saturated rings. The molecule has 0 saturated carbocycles. The molecule has 276 valence electrons. The lowest BCUT2D eigenvalue weighted by molar-refractivity contribution is 0.0496. The van der Waals surface area contributed by atoms with Gasteiger partial charge in [0, 0.05) is 25.0 Å². The SMILES string of the molecule is CCCCCCCCCCOC(=O)c1cc(NCc2cc3cc(COC)c4cccc(C)c4c3c3c(C)cccc23)cc(NC(=O)OC(C)(C)C)c1. The van der Waals surface area contributed by atoms with Crippen LogP contribution in [0.5, 0.6) is 0 Å². The molecule has 5 aromatic carbocycles. The molecule has 0 radical (unpaired) electrons. The van der Waals surface area contributed by atoms with Gasteiger partial charge in [-0.2, -0.15) is 0 Å². The van der Waals surface area contributed by atoms with Crippen molar-refractivity contribution < 1.29 is 23.8 Å². The van der Waals surface area contributed by atoms with Gasteiger partial charge in [0.2, 0.25) is 0 Å². The number of amides is 1. The summed E-state index contributed by atoms with van der Waals surface area (Å²) in [7, 11) is 1.73. The number of carbonyl (C=O) groups is 2. The first kappa shape index (κ1) is 38.6. The number of ether oxygens (including phenoxy) is 3. The van der Waals surface area contributed by atoms with Crippen molar-refractivity contribution in [3.63, 3.8) is 0 Å². The number of hydrogen-bond donors (Lipinski definition) is 2. The summed E-state index contributed by atoms with van der Waals surface area (Å²) in [4.78, 5) is 26.1. The summed E-state index contributed by atoms with van der Waals surface area (Å²) in [6.45, 7) is 13.4. The maximum absolute atomic E-state index is 13.3. The molecule has 1 amide bonds. The molecule has 0 aliphatic heterocycles. The molecule has 0 bridgehead atoms. The fourth-order valence-electron chi connectivity index (χ4n) is 7.11. The molecule has 2 N–H and O–H groups in total. The number of rotatable bonds is 16. The lowest BCUT2D eigenvalue weighted by Crippen LogP contribution is -2.27. The molecule has 52 heavy (non-hydrogen) atoms. The van der Waals surface area contributed by atoms with E-state index >= 15 is 0 Å². The zero-order chi connectivity index (χ0) is 37.3. The van der Waals surface area contributed by atoms with Crippen LogP contribution in [-0.4, -0.2) is 31.4 Å². The van der Waals surface area contributed by atoms with Crippen LogP contribution in [0.15, 0.2) is 66.7 Å². The maximum Gasteiger partial charge on any atom is 0.412 e. The molecule has 0 heterocycles. The van der Waals surface area contributed by atoms with E-state index in [4.69, 9.17) is 14.2 Å². The predicted octanol–water partition coefficient (Wildman–Crippen LogP) is 12.2.